The van der Waals surface area contributed by atoms with Crippen LogP contribution >= 0.6 is 15.9 Å². The quantitative estimate of drug-likeness (QED) is 0.679. The first kappa shape index (κ1) is 15.1. The van der Waals surface area contributed by atoms with Crippen molar-refractivity contribution in [1.82, 2.24) is 19.5 Å². The van der Waals surface area contributed by atoms with Gasteiger partial charge in [-0.1, -0.05) is 28.1 Å². The summed E-state index contributed by atoms with van der Waals surface area (Å²) in [7, 11) is 0. The van der Waals surface area contributed by atoms with Crippen LogP contribution in [0.5, 0.6) is 0 Å². The summed E-state index contributed by atoms with van der Waals surface area (Å²) >= 11 is 3.42. The molecule has 1 amide bonds. The van der Waals surface area contributed by atoms with Crippen molar-refractivity contribution >= 4 is 33.4 Å². The molecule has 122 valence electrons. The van der Waals surface area contributed by atoms with Crippen molar-refractivity contribution in [3.05, 3.63) is 58.7 Å². The first-order valence-electron chi connectivity index (χ1n) is 7.82. The van der Waals surface area contributed by atoms with E-state index in [0.29, 0.717) is 18.7 Å². The van der Waals surface area contributed by atoms with Gasteiger partial charge in [0.2, 0.25) is 5.95 Å². The number of halogens is 1. The van der Waals surface area contributed by atoms with Crippen LogP contribution in [0, 0.1) is 0 Å². The van der Waals surface area contributed by atoms with Crippen LogP contribution in [0.15, 0.2) is 53.1 Å². The Balaban J connectivity index is 1.48. The number of carbonyl (C=O) groups is 1. The Bertz CT molecular complexity index is 885. The van der Waals surface area contributed by atoms with E-state index in [1.54, 1.807) is 0 Å². The summed E-state index contributed by atoms with van der Waals surface area (Å²) < 4.78 is 2.90. The summed E-state index contributed by atoms with van der Waals surface area (Å²) in [5.74, 6) is 0.905. The molecule has 2 aromatic heterocycles. The second-order valence-corrected chi connectivity index (χ2v) is 6.63. The largest absolute Gasteiger partial charge is 0.337 e. The molecule has 3 heterocycles. The van der Waals surface area contributed by atoms with Crippen molar-refractivity contribution in [3.63, 3.8) is 0 Å². The van der Waals surface area contributed by atoms with Crippen molar-refractivity contribution in [2.24, 2.45) is 0 Å². The Hall–Kier alpha value is -2.41. The molecule has 0 bridgehead atoms. The topological polar surface area (TPSA) is 53.7 Å². The van der Waals surface area contributed by atoms with E-state index < -0.39 is 0 Å². The predicted octanol–water partition coefficient (Wildman–Crippen LogP) is 2.45. The summed E-state index contributed by atoms with van der Waals surface area (Å²) in [6.45, 7) is 2.84. The van der Waals surface area contributed by atoms with E-state index in [-0.39, 0.29) is 5.91 Å². The fourth-order valence-corrected chi connectivity index (χ4v) is 3.36. The average Bonchev–Trinajstić information content (AvgIpc) is 3.05. The summed E-state index contributed by atoms with van der Waals surface area (Å²) in [6.07, 6.45) is 1.96. The molecule has 0 spiro atoms. The van der Waals surface area contributed by atoms with Crippen molar-refractivity contribution in [3.8, 4) is 0 Å². The van der Waals surface area contributed by atoms with Crippen LogP contribution in [0.25, 0.3) is 5.65 Å². The molecule has 0 N–H and O–H groups in total. The Morgan fingerprint density at radius 1 is 1.00 bits per heavy atom. The van der Waals surface area contributed by atoms with E-state index >= 15 is 0 Å². The number of nitrogens with zero attached hydrogens (tertiary/aromatic N) is 5. The van der Waals surface area contributed by atoms with Gasteiger partial charge in [-0.05, 0) is 30.3 Å². The third-order valence-corrected chi connectivity index (χ3v) is 4.71. The lowest BCUT2D eigenvalue weighted by molar-refractivity contribution is 0.0746. The number of aromatic nitrogens is 3. The van der Waals surface area contributed by atoms with Crippen LogP contribution in [-0.4, -0.2) is 51.6 Å². The monoisotopic (exact) mass is 385 g/mol. The minimum atomic E-state index is 0.0713. The maximum absolute atomic E-state index is 12.6. The minimum Gasteiger partial charge on any atom is -0.337 e. The standard InChI is InChI=1S/C17H16BrN5O/c18-14-5-3-4-13(12-14)16(24)21-8-10-22(11-9-21)17-20-19-15-6-1-2-7-23(15)17/h1-7,12H,8-11H2. The molecule has 0 saturated carbocycles. The molecule has 4 rings (SSSR count). The molecule has 0 radical (unpaired) electrons. The van der Waals surface area contributed by atoms with Crippen molar-refractivity contribution in [2.45, 2.75) is 0 Å². The van der Waals surface area contributed by atoms with E-state index in [0.717, 1.165) is 29.2 Å². The summed E-state index contributed by atoms with van der Waals surface area (Å²) in [5, 5.41) is 8.48. The number of hydrogen-bond acceptors (Lipinski definition) is 4. The van der Waals surface area contributed by atoms with Crippen LogP contribution in [-0.2, 0) is 0 Å². The summed E-state index contributed by atoms with van der Waals surface area (Å²) in [6, 6.07) is 13.4. The van der Waals surface area contributed by atoms with E-state index in [2.05, 4.69) is 31.0 Å². The highest BCUT2D eigenvalue weighted by atomic mass is 79.9. The van der Waals surface area contributed by atoms with Crippen LogP contribution in [0.1, 0.15) is 10.4 Å². The van der Waals surface area contributed by atoms with Gasteiger partial charge in [0.1, 0.15) is 0 Å². The van der Waals surface area contributed by atoms with Gasteiger partial charge in [-0.2, -0.15) is 0 Å². The second kappa shape index (κ2) is 6.24. The molecule has 7 heteroatoms. The highest BCUT2D eigenvalue weighted by Gasteiger charge is 2.24. The third kappa shape index (κ3) is 2.75. The van der Waals surface area contributed by atoms with E-state index in [1.165, 1.54) is 0 Å². The normalized spacial score (nSPS) is 15.0. The van der Waals surface area contributed by atoms with Gasteiger partial charge in [0.05, 0.1) is 0 Å². The predicted molar refractivity (Wildman–Crippen MR) is 95.2 cm³/mol. The van der Waals surface area contributed by atoms with Crippen molar-refractivity contribution in [1.29, 1.82) is 0 Å². The van der Waals surface area contributed by atoms with E-state index in [9.17, 15) is 4.79 Å². The van der Waals surface area contributed by atoms with Crippen molar-refractivity contribution in [2.75, 3.05) is 31.1 Å². The molecule has 1 aliphatic rings. The number of hydrogen-bond donors (Lipinski definition) is 0. The number of pyridine rings is 1. The zero-order valence-corrected chi connectivity index (χ0v) is 14.6. The first-order valence-corrected chi connectivity index (χ1v) is 8.61. The van der Waals surface area contributed by atoms with Crippen LogP contribution < -0.4 is 4.90 Å². The van der Waals surface area contributed by atoms with E-state index in [1.807, 2.05) is 58.0 Å². The van der Waals surface area contributed by atoms with Crippen molar-refractivity contribution < 1.29 is 4.79 Å². The van der Waals surface area contributed by atoms with Gasteiger partial charge in [0.15, 0.2) is 5.65 Å². The maximum atomic E-state index is 12.6. The second-order valence-electron chi connectivity index (χ2n) is 5.72. The fraction of sp³-hybridized carbons (Fsp3) is 0.235. The molecule has 0 aliphatic carbocycles. The Labute approximate surface area is 147 Å². The lowest BCUT2D eigenvalue weighted by atomic mass is 10.2. The Morgan fingerprint density at radius 3 is 2.62 bits per heavy atom. The average molecular weight is 386 g/mol. The van der Waals surface area contributed by atoms with Gasteiger partial charge in [-0.3, -0.25) is 9.20 Å². The minimum absolute atomic E-state index is 0.0713. The maximum Gasteiger partial charge on any atom is 0.254 e. The number of anilines is 1. The van der Waals surface area contributed by atoms with Crippen LogP contribution in [0.4, 0.5) is 5.95 Å². The van der Waals surface area contributed by atoms with Crippen LogP contribution in [0.3, 0.4) is 0 Å². The molecule has 6 nitrogen and oxygen atoms in total. The third-order valence-electron chi connectivity index (χ3n) is 4.22. The van der Waals surface area contributed by atoms with Gasteiger partial charge < -0.3 is 9.80 Å². The van der Waals surface area contributed by atoms with Gasteiger partial charge >= 0.3 is 0 Å². The molecule has 1 saturated heterocycles. The number of carbonyl (C=O) groups excluding carboxylic acids is 1. The molecule has 0 atom stereocenters. The van der Waals surface area contributed by atoms with Crippen LogP contribution in [0.2, 0.25) is 0 Å². The Kier molecular flexibility index (Phi) is 3.93. The molecular formula is C17H16BrN5O. The molecule has 1 aliphatic heterocycles. The summed E-state index contributed by atoms with van der Waals surface area (Å²) in [5.41, 5.74) is 1.55. The number of benzene rings is 1. The molecule has 24 heavy (non-hydrogen) atoms. The Morgan fingerprint density at radius 2 is 1.83 bits per heavy atom. The fourth-order valence-electron chi connectivity index (χ4n) is 2.96. The van der Waals surface area contributed by atoms with Gasteiger partial charge in [-0.25, -0.2) is 0 Å². The number of rotatable bonds is 2. The van der Waals surface area contributed by atoms with E-state index in [4.69, 9.17) is 0 Å². The smallest absolute Gasteiger partial charge is 0.254 e. The molecule has 1 fully saturated rings. The zero-order chi connectivity index (χ0) is 16.5. The molecule has 1 aromatic carbocycles. The lowest BCUT2D eigenvalue weighted by Crippen LogP contribution is -2.49. The number of fused-ring (bicyclic) bond motifs is 1. The number of piperazine rings is 1. The summed E-state index contributed by atoms with van der Waals surface area (Å²) in [4.78, 5) is 16.7. The molecular weight excluding hydrogens is 370 g/mol. The van der Waals surface area contributed by atoms with Gasteiger partial charge in [0, 0.05) is 42.4 Å². The molecule has 3 aromatic rings. The van der Waals surface area contributed by atoms with Gasteiger partial charge in [0.25, 0.3) is 5.91 Å². The number of amides is 1. The highest BCUT2D eigenvalue weighted by molar-refractivity contribution is 9.10. The molecule has 0 unspecified atom stereocenters. The lowest BCUT2D eigenvalue weighted by Gasteiger charge is -2.34. The SMILES string of the molecule is O=C(c1cccc(Br)c1)N1CCN(c2nnc3ccccn23)CC1. The highest BCUT2D eigenvalue weighted by Crippen LogP contribution is 2.18. The zero-order valence-electron chi connectivity index (χ0n) is 13.0. The first-order chi connectivity index (χ1) is 11.7. The van der Waals surface area contributed by atoms with Gasteiger partial charge in [-0.15, -0.1) is 10.2 Å².